The molecule has 2 rings (SSSR count). The van der Waals surface area contributed by atoms with Crippen molar-refractivity contribution in [2.24, 2.45) is 7.05 Å². The van der Waals surface area contributed by atoms with E-state index in [1.807, 2.05) is 17.7 Å². The Labute approximate surface area is 82.5 Å². The van der Waals surface area contributed by atoms with E-state index >= 15 is 0 Å². The summed E-state index contributed by atoms with van der Waals surface area (Å²) in [4.78, 5) is 7.97. The van der Waals surface area contributed by atoms with E-state index in [0.717, 1.165) is 15.6 Å². The second kappa shape index (κ2) is 2.71. The van der Waals surface area contributed by atoms with Crippen LogP contribution in [0.5, 0.6) is 0 Å². The second-order valence-corrected chi connectivity index (χ2v) is 3.59. The highest BCUT2D eigenvalue weighted by molar-refractivity contribution is 9.10. The average molecular weight is 246 g/mol. The highest BCUT2D eigenvalue weighted by Gasteiger charge is 2.07. The van der Waals surface area contributed by atoms with Crippen molar-refractivity contribution in [1.29, 1.82) is 0 Å². The number of halogens is 2. The lowest BCUT2D eigenvalue weighted by molar-refractivity contribution is 0.936. The third-order valence-electron chi connectivity index (χ3n) is 1.72. The Bertz CT molecular complexity index is 437. The van der Waals surface area contributed by atoms with Gasteiger partial charge in [-0.25, -0.2) is 9.97 Å². The van der Waals surface area contributed by atoms with E-state index in [1.165, 1.54) is 6.33 Å². The van der Waals surface area contributed by atoms with Crippen molar-refractivity contribution >= 4 is 38.6 Å². The Balaban J connectivity index is 2.97. The van der Waals surface area contributed by atoms with Gasteiger partial charge in [-0.05, 0) is 22.0 Å². The number of fused-ring (bicyclic) bond motifs is 1. The predicted molar refractivity (Wildman–Crippen MR) is 51.2 cm³/mol. The number of hydrogen-bond donors (Lipinski definition) is 0. The lowest BCUT2D eigenvalue weighted by atomic mass is 10.5. The summed E-state index contributed by atoms with van der Waals surface area (Å²) >= 11 is 9.26. The molecule has 0 atom stereocenters. The van der Waals surface area contributed by atoms with Crippen molar-refractivity contribution < 1.29 is 0 Å². The summed E-state index contributed by atoms with van der Waals surface area (Å²) in [7, 11) is 1.90. The first-order valence-electron chi connectivity index (χ1n) is 3.31. The third-order valence-corrected chi connectivity index (χ3v) is 2.76. The lowest BCUT2D eigenvalue weighted by Crippen LogP contribution is -1.89. The van der Waals surface area contributed by atoms with Crippen LogP contribution in [0.2, 0.25) is 5.15 Å². The zero-order chi connectivity index (χ0) is 8.72. The molecule has 5 heteroatoms. The van der Waals surface area contributed by atoms with Crippen LogP contribution < -0.4 is 0 Å². The van der Waals surface area contributed by atoms with Crippen LogP contribution in [0.15, 0.2) is 17.0 Å². The van der Waals surface area contributed by atoms with Crippen molar-refractivity contribution in [3.05, 3.63) is 22.1 Å². The van der Waals surface area contributed by atoms with Gasteiger partial charge in [0.1, 0.15) is 11.8 Å². The summed E-state index contributed by atoms with van der Waals surface area (Å²) in [5.74, 6) is 0. The Morgan fingerprint density at radius 3 is 2.92 bits per heavy atom. The van der Waals surface area contributed by atoms with Crippen LogP contribution in [0.4, 0.5) is 0 Å². The highest BCUT2D eigenvalue weighted by Crippen LogP contribution is 2.24. The molecular weight excluding hydrogens is 241 g/mol. The minimum Gasteiger partial charge on any atom is -0.335 e. The molecule has 2 heterocycles. The average Bonchev–Trinajstić information content (AvgIpc) is 2.29. The van der Waals surface area contributed by atoms with Crippen LogP contribution in [0.25, 0.3) is 11.0 Å². The topological polar surface area (TPSA) is 30.7 Å². The van der Waals surface area contributed by atoms with Crippen LogP contribution in [0.3, 0.4) is 0 Å². The first kappa shape index (κ1) is 8.01. The smallest absolute Gasteiger partial charge is 0.156 e. The van der Waals surface area contributed by atoms with E-state index in [-0.39, 0.29) is 0 Å². The highest BCUT2D eigenvalue weighted by atomic mass is 79.9. The molecule has 0 bridgehead atoms. The maximum absolute atomic E-state index is 5.88. The number of aromatic nitrogens is 3. The molecule has 2 aromatic heterocycles. The zero-order valence-electron chi connectivity index (χ0n) is 6.25. The number of hydrogen-bond acceptors (Lipinski definition) is 2. The van der Waals surface area contributed by atoms with Gasteiger partial charge in [-0.2, -0.15) is 0 Å². The summed E-state index contributed by atoms with van der Waals surface area (Å²) in [6.07, 6.45) is 1.46. The van der Waals surface area contributed by atoms with Crippen LogP contribution in [-0.2, 0) is 7.05 Å². The fourth-order valence-electron chi connectivity index (χ4n) is 1.10. The zero-order valence-corrected chi connectivity index (χ0v) is 8.59. The molecule has 0 saturated carbocycles. The molecule has 0 radical (unpaired) electrons. The van der Waals surface area contributed by atoms with Crippen LogP contribution in [0.1, 0.15) is 0 Å². The summed E-state index contributed by atoms with van der Waals surface area (Å²) in [6, 6.07) is 1.91. The predicted octanol–water partition coefficient (Wildman–Crippen LogP) is 2.38. The number of nitrogens with zero attached hydrogens (tertiary/aromatic N) is 3. The Kier molecular flexibility index (Phi) is 1.81. The first-order valence-corrected chi connectivity index (χ1v) is 4.48. The van der Waals surface area contributed by atoms with E-state index in [2.05, 4.69) is 25.9 Å². The van der Waals surface area contributed by atoms with Gasteiger partial charge in [-0.15, -0.1) is 0 Å². The standard InChI is InChI=1S/C7H5BrClN3/c1-12-5(8)2-4-6(12)7(9)11-3-10-4/h2-3H,1H3. The number of aryl methyl sites for hydroxylation is 1. The molecule has 0 spiro atoms. The summed E-state index contributed by atoms with van der Waals surface area (Å²) in [5.41, 5.74) is 1.70. The van der Waals surface area contributed by atoms with Crippen molar-refractivity contribution in [1.82, 2.24) is 14.5 Å². The minimum atomic E-state index is 0.480. The van der Waals surface area contributed by atoms with Gasteiger partial charge in [0.25, 0.3) is 0 Å². The van der Waals surface area contributed by atoms with Crippen LogP contribution >= 0.6 is 27.5 Å². The third kappa shape index (κ3) is 1.03. The van der Waals surface area contributed by atoms with E-state index < -0.39 is 0 Å². The molecule has 12 heavy (non-hydrogen) atoms. The van der Waals surface area contributed by atoms with Gasteiger partial charge in [-0.3, -0.25) is 0 Å². The lowest BCUT2D eigenvalue weighted by Gasteiger charge is -1.97. The van der Waals surface area contributed by atoms with E-state index in [9.17, 15) is 0 Å². The van der Waals surface area contributed by atoms with Gasteiger partial charge in [0.15, 0.2) is 5.15 Å². The molecule has 0 aliphatic carbocycles. The molecular formula is C7H5BrClN3. The van der Waals surface area contributed by atoms with Gasteiger partial charge in [0.05, 0.1) is 10.1 Å². The maximum atomic E-state index is 5.88. The normalized spacial score (nSPS) is 10.9. The molecule has 0 unspecified atom stereocenters. The quantitative estimate of drug-likeness (QED) is 0.668. The molecule has 3 nitrogen and oxygen atoms in total. The van der Waals surface area contributed by atoms with Crippen LogP contribution in [0, 0.1) is 0 Å². The second-order valence-electron chi connectivity index (χ2n) is 2.42. The van der Waals surface area contributed by atoms with Crippen molar-refractivity contribution in [3.63, 3.8) is 0 Å². The van der Waals surface area contributed by atoms with Gasteiger partial charge < -0.3 is 4.57 Å². The summed E-state index contributed by atoms with van der Waals surface area (Å²) in [6.45, 7) is 0. The molecule has 0 saturated heterocycles. The van der Waals surface area contributed by atoms with Crippen molar-refractivity contribution in [2.75, 3.05) is 0 Å². The fourth-order valence-corrected chi connectivity index (χ4v) is 1.76. The molecule has 0 aliphatic heterocycles. The van der Waals surface area contributed by atoms with E-state index in [0.29, 0.717) is 5.15 Å². The first-order chi connectivity index (χ1) is 5.70. The Morgan fingerprint density at radius 2 is 2.25 bits per heavy atom. The molecule has 0 aliphatic rings. The molecule has 0 N–H and O–H groups in total. The van der Waals surface area contributed by atoms with Gasteiger partial charge in [0.2, 0.25) is 0 Å². The van der Waals surface area contributed by atoms with Gasteiger partial charge in [-0.1, -0.05) is 11.6 Å². The number of rotatable bonds is 0. The monoisotopic (exact) mass is 245 g/mol. The minimum absolute atomic E-state index is 0.480. The van der Waals surface area contributed by atoms with Gasteiger partial charge in [0, 0.05) is 7.05 Å². The maximum Gasteiger partial charge on any atom is 0.156 e. The van der Waals surface area contributed by atoms with E-state index in [4.69, 9.17) is 11.6 Å². The fraction of sp³-hybridized carbons (Fsp3) is 0.143. The molecule has 62 valence electrons. The Morgan fingerprint density at radius 1 is 1.50 bits per heavy atom. The Hall–Kier alpha value is -0.610. The molecule has 0 amide bonds. The van der Waals surface area contributed by atoms with Crippen LogP contribution in [-0.4, -0.2) is 14.5 Å². The molecule has 0 aromatic carbocycles. The van der Waals surface area contributed by atoms with Gasteiger partial charge >= 0.3 is 0 Å². The van der Waals surface area contributed by atoms with E-state index in [1.54, 1.807) is 0 Å². The molecule has 0 fully saturated rings. The summed E-state index contributed by atoms with van der Waals surface area (Å²) in [5, 5.41) is 0.480. The van der Waals surface area contributed by atoms with Crippen molar-refractivity contribution in [3.8, 4) is 0 Å². The largest absolute Gasteiger partial charge is 0.335 e. The SMILES string of the molecule is Cn1c(Br)cc2ncnc(Cl)c21. The molecule has 2 aromatic rings. The van der Waals surface area contributed by atoms with Crippen molar-refractivity contribution in [2.45, 2.75) is 0 Å². The summed E-state index contributed by atoms with van der Waals surface area (Å²) < 4.78 is 2.84.